The molecule has 4 heteroatoms. The standard InChI is InChI=1S/C8H14FN3/c1-2-4-12-5-3-11-8(12)7(9)6-10/h3,5,7H,2,4,6,10H2,1H3. The zero-order chi connectivity index (χ0) is 8.97. The normalized spacial score (nSPS) is 13.2. The SMILES string of the molecule is CCCn1ccnc1C(F)CN. The van der Waals surface area contributed by atoms with E-state index in [1.165, 1.54) is 0 Å². The van der Waals surface area contributed by atoms with Gasteiger partial charge in [0.1, 0.15) is 5.82 Å². The maximum absolute atomic E-state index is 13.1. The maximum atomic E-state index is 13.1. The summed E-state index contributed by atoms with van der Waals surface area (Å²) in [5, 5.41) is 0. The van der Waals surface area contributed by atoms with Gasteiger partial charge in [0.2, 0.25) is 0 Å². The number of nitrogens with two attached hydrogens (primary N) is 1. The molecule has 0 aromatic carbocycles. The van der Waals surface area contributed by atoms with E-state index in [9.17, 15) is 4.39 Å². The lowest BCUT2D eigenvalue weighted by Gasteiger charge is -2.07. The van der Waals surface area contributed by atoms with Gasteiger partial charge in [0, 0.05) is 25.5 Å². The molecule has 1 heterocycles. The highest BCUT2D eigenvalue weighted by Crippen LogP contribution is 2.13. The number of aryl methyl sites for hydroxylation is 1. The van der Waals surface area contributed by atoms with Crippen molar-refractivity contribution in [3.63, 3.8) is 0 Å². The Hall–Kier alpha value is -0.900. The first-order valence-corrected chi connectivity index (χ1v) is 4.14. The van der Waals surface area contributed by atoms with Crippen molar-refractivity contribution in [3.8, 4) is 0 Å². The van der Waals surface area contributed by atoms with E-state index in [0.717, 1.165) is 13.0 Å². The molecule has 3 nitrogen and oxygen atoms in total. The van der Waals surface area contributed by atoms with Crippen LogP contribution in [0.5, 0.6) is 0 Å². The molecule has 0 bridgehead atoms. The average molecular weight is 171 g/mol. The molecule has 1 aromatic heterocycles. The van der Waals surface area contributed by atoms with Crippen molar-refractivity contribution in [2.75, 3.05) is 6.54 Å². The molecule has 68 valence electrons. The lowest BCUT2D eigenvalue weighted by atomic mass is 10.3. The summed E-state index contributed by atoms with van der Waals surface area (Å²) in [6.07, 6.45) is 3.22. The van der Waals surface area contributed by atoms with Crippen molar-refractivity contribution in [3.05, 3.63) is 18.2 Å². The number of aromatic nitrogens is 2. The molecule has 0 radical (unpaired) electrons. The van der Waals surface area contributed by atoms with E-state index in [2.05, 4.69) is 4.98 Å². The van der Waals surface area contributed by atoms with Gasteiger partial charge in [0.05, 0.1) is 0 Å². The van der Waals surface area contributed by atoms with Crippen LogP contribution in [0.3, 0.4) is 0 Å². The van der Waals surface area contributed by atoms with Crippen LogP contribution >= 0.6 is 0 Å². The van der Waals surface area contributed by atoms with Crippen LogP contribution in [0.25, 0.3) is 0 Å². The molecule has 0 spiro atoms. The van der Waals surface area contributed by atoms with Gasteiger partial charge in [-0.05, 0) is 6.42 Å². The molecule has 2 N–H and O–H groups in total. The molecule has 0 aliphatic rings. The molecule has 0 aliphatic carbocycles. The van der Waals surface area contributed by atoms with Gasteiger partial charge in [-0.2, -0.15) is 0 Å². The first-order valence-electron chi connectivity index (χ1n) is 4.14. The summed E-state index contributed by atoms with van der Waals surface area (Å²) in [4.78, 5) is 3.91. The van der Waals surface area contributed by atoms with Crippen LogP contribution in [0, 0.1) is 0 Å². The topological polar surface area (TPSA) is 43.8 Å². The minimum absolute atomic E-state index is 0.000722. The van der Waals surface area contributed by atoms with Gasteiger partial charge < -0.3 is 10.3 Å². The Balaban J connectivity index is 2.76. The third-order valence-electron chi connectivity index (χ3n) is 1.70. The van der Waals surface area contributed by atoms with Crippen molar-refractivity contribution >= 4 is 0 Å². The van der Waals surface area contributed by atoms with Gasteiger partial charge in [-0.25, -0.2) is 9.37 Å². The average Bonchev–Trinajstić information content (AvgIpc) is 2.52. The van der Waals surface area contributed by atoms with E-state index in [1.807, 2.05) is 6.92 Å². The number of imidazole rings is 1. The lowest BCUT2D eigenvalue weighted by molar-refractivity contribution is 0.324. The largest absolute Gasteiger partial charge is 0.332 e. The monoisotopic (exact) mass is 171 g/mol. The molecule has 1 atom stereocenters. The van der Waals surface area contributed by atoms with Gasteiger partial charge in [0.15, 0.2) is 6.17 Å². The Kier molecular flexibility index (Phi) is 3.22. The van der Waals surface area contributed by atoms with Gasteiger partial charge in [-0.1, -0.05) is 6.92 Å². The van der Waals surface area contributed by atoms with Crippen molar-refractivity contribution in [2.45, 2.75) is 26.1 Å². The Morgan fingerprint density at radius 1 is 1.75 bits per heavy atom. The van der Waals surface area contributed by atoms with E-state index >= 15 is 0 Å². The molecule has 0 fully saturated rings. The molecule has 1 aromatic rings. The molecule has 1 unspecified atom stereocenters. The fourth-order valence-electron chi connectivity index (χ4n) is 1.14. The summed E-state index contributed by atoms with van der Waals surface area (Å²) in [5.74, 6) is 0.444. The summed E-state index contributed by atoms with van der Waals surface area (Å²) in [5.41, 5.74) is 5.20. The molecule has 0 amide bonds. The second-order valence-corrected chi connectivity index (χ2v) is 2.68. The Labute approximate surface area is 71.4 Å². The number of hydrogen-bond donors (Lipinski definition) is 1. The quantitative estimate of drug-likeness (QED) is 0.741. The van der Waals surface area contributed by atoms with E-state index in [1.54, 1.807) is 17.0 Å². The summed E-state index contributed by atoms with van der Waals surface area (Å²) in [6.45, 7) is 2.84. The highest BCUT2D eigenvalue weighted by atomic mass is 19.1. The third kappa shape index (κ3) is 1.82. The molecule has 12 heavy (non-hydrogen) atoms. The summed E-state index contributed by atoms with van der Waals surface area (Å²) < 4.78 is 14.9. The molecule has 0 saturated heterocycles. The number of halogens is 1. The van der Waals surface area contributed by atoms with Gasteiger partial charge >= 0.3 is 0 Å². The van der Waals surface area contributed by atoms with Crippen LogP contribution in [0.15, 0.2) is 12.4 Å². The summed E-state index contributed by atoms with van der Waals surface area (Å²) >= 11 is 0. The fourth-order valence-corrected chi connectivity index (χ4v) is 1.14. The zero-order valence-electron chi connectivity index (χ0n) is 7.20. The summed E-state index contributed by atoms with van der Waals surface area (Å²) in [7, 11) is 0. The van der Waals surface area contributed by atoms with E-state index in [0.29, 0.717) is 5.82 Å². The molecular formula is C8H14FN3. The van der Waals surface area contributed by atoms with Gasteiger partial charge in [-0.15, -0.1) is 0 Å². The van der Waals surface area contributed by atoms with Gasteiger partial charge in [-0.3, -0.25) is 0 Å². The van der Waals surface area contributed by atoms with Crippen LogP contribution in [-0.4, -0.2) is 16.1 Å². The van der Waals surface area contributed by atoms with Crippen molar-refractivity contribution < 1.29 is 4.39 Å². The predicted octanol–water partition coefficient (Wildman–Crippen LogP) is 1.26. The van der Waals surface area contributed by atoms with Crippen molar-refractivity contribution in [2.24, 2.45) is 5.73 Å². The van der Waals surface area contributed by atoms with Crippen molar-refractivity contribution in [1.82, 2.24) is 9.55 Å². The van der Waals surface area contributed by atoms with Crippen molar-refractivity contribution in [1.29, 1.82) is 0 Å². The molecule has 1 rings (SSSR count). The van der Waals surface area contributed by atoms with Crippen LogP contribution in [0.2, 0.25) is 0 Å². The van der Waals surface area contributed by atoms with Crippen LogP contribution in [0.1, 0.15) is 25.3 Å². The third-order valence-corrected chi connectivity index (χ3v) is 1.70. The fraction of sp³-hybridized carbons (Fsp3) is 0.625. The van der Waals surface area contributed by atoms with E-state index in [4.69, 9.17) is 5.73 Å². The van der Waals surface area contributed by atoms with E-state index in [-0.39, 0.29) is 6.54 Å². The molecular weight excluding hydrogens is 157 g/mol. The Morgan fingerprint density at radius 3 is 3.08 bits per heavy atom. The van der Waals surface area contributed by atoms with Crippen LogP contribution in [0.4, 0.5) is 4.39 Å². The Morgan fingerprint density at radius 2 is 2.50 bits per heavy atom. The molecule has 0 saturated carbocycles. The number of alkyl halides is 1. The Bertz CT molecular complexity index is 234. The predicted molar refractivity (Wildman–Crippen MR) is 45.4 cm³/mol. The first kappa shape index (κ1) is 9.19. The number of nitrogens with zero attached hydrogens (tertiary/aromatic N) is 2. The minimum atomic E-state index is -1.13. The summed E-state index contributed by atoms with van der Waals surface area (Å²) in [6, 6.07) is 0. The lowest BCUT2D eigenvalue weighted by Crippen LogP contribution is -2.13. The highest BCUT2D eigenvalue weighted by Gasteiger charge is 2.12. The second kappa shape index (κ2) is 4.21. The maximum Gasteiger partial charge on any atom is 0.170 e. The van der Waals surface area contributed by atoms with E-state index < -0.39 is 6.17 Å². The van der Waals surface area contributed by atoms with Crippen LogP contribution < -0.4 is 5.73 Å². The minimum Gasteiger partial charge on any atom is -0.332 e. The highest BCUT2D eigenvalue weighted by molar-refractivity contribution is 4.96. The van der Waals surface area contributed by atoms with Gasteiger partial charge in [0.25, 0.3) is 0 Å². The smallest absolute Gasteiger partial charge is 0.170 e. The number of hydrogen-bond acceptors (Lipinski definition) is 2. The van der Waals surface area contributed by atoms with Crippen LogP contribution in [-0.2, 0) is 6.54 Å². The first-order chi connectivity index (χ1) is 5.79. The zero-order valence-corrected chi connectivity index (χ0v) is 7.20. The number of rotatable bonds is 4. The second-order valence-electron chi connectivity index (χ2n) is 2.68. The molecule has 0 aliphatic heterocycles.